The summed E-state index contributed by atoms with van der Waals surface area (Å²) in [5, 5.41) is 8.80. The zero-order valence-electron chi connectivity index (χ0n) is 15.3. The Hall–Kier alpha value is -2.65. The molecule has 1 aliphatic heterocycles. The van der Waals surface area contributed by atoms with Gasteiger partial charge in [0.2, 0.25) is 0 Å². The summed E-state index contributed by atoms with van der Waals surface area (Å²) in [6.07, 6.45) is -4.88. The number of benzene rings is 2. The molecular weight excluding hydrogens is 394 g/mol. The van der Waals surface area contributed by atoms with Crippen LogP contribution in [0.15, 0.2) is 42.5 Å². The van der Waals surface area contributed by atoms with Gasteiger partial charge in [0.05, 0.1) is 24.7 Å². The van der Waals surface area contributed by atoms with E-state index in [2.05, 4.69) is 0 Å². The number of hydrogen-bond acceptors (Lipinski definition) is 4. The highest BCUT2D eigenvalue weighted by molar-refractivity contribution is 5.66. The van der Waals surface area contributed by atoms with Gasteiger partial charge in [-0.05, 0) is 29.8 Å². The third-order valence-electron chi connectivity index (χ3n) is 4.48. The summed E-state index contributed by atoms with van der Waals surface area (Å²) in [5.41, 5.74) is -0.297. The molecule has 0 aliphatic carbocycles. The zero-order chi connectivity index (χ0) is 21.0. The van der Waals surface area contributed by atoms with E-state index in [-0.39, 0.29) is 24.0 Å². The number of rotatable bonds is 6. The lowest BCUT2D eigenvalue weighted by molar-refractivity contribution is -0.138. The maximum absolute atomic E-state index is 13.5. The molecule has 2 aromatic carbocycles. The topological polar surface area (TPSA) is 59.0 Å². The zero-order valence-corrected chi connectivity index (χ0v) is 15.3. The summed E-state index contributed by atoms with van der Waals surface area (Å²) in [4.78, 5) is 12.7. The Morgan fingerprint density at radius 3 is 2.55 bits per heavy atom. The predicted molar refractivity (Wildman–Crippen MR) is 95.3 cm³/mol. The van der Waals surface area contributed by atoms with Crippen molar-refractivity contribution in [3.05, 3.63) is 59.4 Å². The molecule has 0 spiro atoms. The van der Waals surface area contributed by atoms with Crippen LogP contribution in [0, 0.1) is 5.82 Å². The summed E-state index contributed by atoms with van der Waals surface area (Å²) >= 11 is 0. The van der Waals surface area contributed by atoms with E-state index in [0.29, 0.717) is 32.3 Å². The van der Waals surface area contributed by atoms with Crippen LogP contribution in [0.25, 0.3) is 0 Å². The number of hydrogen-bond donors (Lipinski definition) is 1. The highest BCUT2D eigenvalue weighted by Crippen LogP contribution is 2.34. The van der Waals surface area contributed by atoms with Crippen molar-refractivity contribution >= 4 is 5.97 Å². The van der Waals surface area contributed by atoms with Gasteiger partial charge in [0.1, 0.15) is 17.3 Å². The van der Waals surface area contributed by atoms with Crippen molar-refractivity contribution in [1.29, 1.82) is 0 Å². The van der Waals surface area contributed by atoms with E-state index >= 15 is 0 Å². The summed E-state index contributed by atoms with van der Waals surface area (Å²) < 4.78 is 63.0. The molecule has 1 atom stereocenters. The molecule has 1 heterocycles. The molecule has 1 saturated heterocycles. The minimum absolute atomic E-state index is 0.0487. The van der Waals surface area contributed by atoms with E-state index in [0.717, 1.165) is 17.7 Å². The number of morpholine rings is 1. The SMILES string of the molecule is O=C(O)CCN1CCOC(c2ccc(Oc3cc(F)cc(C(F)(F)F)c3)cc2)C1. The van der Waals surface area contributed by atoms with Crippen LogP contribution in [0.5, 0.6) is 11.5 Å². The monoisotopic (exact) mass is 413 g/mol. The van der Waals surface area contributed by atoms with Crippen molar-refractivity contribution in [2.75, 3.05) is 26.2 Å². The highest BCUT2D eigenvalue weighted by Gasteiger charge is 2.31. The third-order valence-corrected chi connectivity index (χ3v) is 4.48. The van der Waals surface area contributed by atoms with Crippen LogP contribution in [0.3, 0.4) is 0 Å². The number of alkyl halides is 3. The summed E-state index contributed by atoms with van der Waals surface area (Å²) in [5.74, 6) is -1.89. The number of carboxylic acid groups (broad SMARTS) is 1. The second-order valence-electron chi connectivity index (χ2n) is 6.65. The molecule has 0 bridgehead atoms. The normalized spacial score (nSPS) is 17.9. The lowest BCUT2D eigenvalue weighted by atomic mass is 10.1. The average molecular weight is 413 g/mol. The smallest absolute Gasteiger partial charge is 0.416 e. The van der Waals surface area contributed by atoms with Crippen molar-refractivity contribution in [3.8, 4) is 11.5 Å². The van der Waals surface area contributed by atoms with E-state index in [9.17, 15) is 22.4 Å². The molecule has 5 nitrogen and oxygen atoms in total. The van der Waals surface area contributed by atoms with Gasteiger partial charge in [0.15, 0.2) is 0 Å². The number of carboxylic acids is 1. The molecule has 0 amide bonds. The maximum Gasteiger partial charge on any atom is 0.416 e. The number of halogens is 4. The Balaban J connectivity index is 1.66. The molecule has 1 fully saturated rings. The van der Waals surface area contributed by atoms with Crippen LogP contribution in [0.2, 0.25) is 0 Å². The quantitative estimate of drug-likeness (QED) is 0.708. The molecule has 1 N–H and O–H groups in total. The van der Waals surface area contributed by atoms with Crippen LogP contribution >= 0.6 is 0 Å². The van der Waals surface area contributed by atoms with Crippen molar-refractivity contribution in [3.63, 3.8) is 0 Å². The van der Waals surface area contributed by atoms with Crippen LogP contribution < -0.4 is 4.74 Å². The first-order valence-electron chi connectivity index (χ1n) is 8.92. The second kappa shape index (κ2) is 8.79. The molecule has 2 aromatic rings. The minimum Gasteiger partial charge on any atom is -0.481 e. The van der Waals surface area contributed by atoms with Crippen LogP contribution in [0.1, 0.15) is 23.7 Å². The molecule has 3 rings (SSSR count). The first-order valence-corrected chi connectivity index (χ1v) is 8.92. The molecular formula is C20H19F4NO4. The largest absolute Gasteiger partial charge is 0.481 e. The maximum atomic E-state index is 13.5. The van der Waals surface area contributed by atoms with E-state index in [1.54, 1.807) is 24.3 Å². The fourth-order valence-electron chi connectivity index (χ4n) is 3.03. The van der Waals surface area contributed by atoms with Crippen LogP contribution in [-0.2, 0) is 15.7 Å². The van der Waals surface area contributed by atoms with Gasteiger partial charge in [-0.25, -0.2) is 4.39 Å². The first kappa shape index (κ1) is 21.1. The van der Waals surface area contributed by atoms with Gasteiger partial charge in [-0.3, -0.25) is 9.69 Å². The van der Waals surface area contributed by atoms with Crippen molar-refractivity contribution in [2.45, 2.75) is 18.7 Å². The molecule has 1 aliphatic rings. The van der Waals surface area contributed by atoms with Crippen LogP contribution in [0.4, 0.5) is 17.6 Å². The van der Waals surface area contributed by atoms with E-state index in [4.69, 9.17) is 14.6 Å². The minimum atomic E-state index is -4.67. The standard InChI is InChI=1S/C20H19F4NO4/c21-15-9-14(20(22,23)24)10-17(11-15)29-16-3-1-13(2-4-16)18-12-25(7-8-28-18)6-5-19(26)27/h1-4,9-11,18H,5-8,12H2,(H,26,27). The van der Waals surface area contributed by atoms with Crippen molar-refractivity contribution in [1.82, 2.24) is 4.90 Å². The number of carbonyl (C=O) groups is 1. The third kappa shape index (κ3) is 5.91. The van der Waals surface area contributed by atoms with E-state index < -0.39 is 23.5 Å². The molecule has 9 heteroatoms. The van der Waals surface area contributed by atoms with Gasteiger partial charge in [-0.2, -0.15) is 13.2 Å². The number of nitrogens with zero attached hydrogens (tertiary/aromatic N) is 1. The first-order chi connectivity index (χ1) is 13.7. The summed E-state index contributed by atoms with van der Waals surface area (Å²) in [6, 6.07) is 8.58. The fraction of sp³-hybridized carbons (Fsp3) is 0.350. The molecule has 1 unspecified atom stereocenters. The number of aliphatic carboxylic acids is 1. The van der Waals surface area contributed by atoms with Gasteiger partial charge < -0.3 is 14.6 Å². The Kier molecular flexibility index (Phi) is 6.39. The van der Waals surface area contributed by atoms with Crippen molar-refractivity contribution in [2.24, 2.45) is 0 Å². The lowest BCUT2D eigenvalue weighted by Crippen LogP contribution is -2.39. The van der Waals surface area contributed by atoms with Crippen LogP contribution in [-0.4, -0.2) is 42.2 Å². The number of ether oxygens (including phenoxy) is 2. The predicted octanol–water partition coefficient (Wildman–Crippen LogP) is 4.48. The molecule has 0 radical (unpaired) electrons. The van der Waals surface area contributed by atoms with Gasteiger partial charge in [-0.1, -0.05) is 12.1 Å². The second-order valence-corrected chi connectivity index (χ2v) is 6.65. The molecule has 156 valence electrons. The van der Waals surface area contributed by atoms with Gasteiger partial charge in [0, 0.05) is 25.7 Å². The van der Waals surface area contributed by atoms with Crippen molar-refractivity contribution < 1.29 is 36.9 Å². The fourth-order valence-corrected chi connectivity index (χ4v) is 3.03. The Morgan fingerprint density at radius 2 is 1.90 bits per heavy atom. The van der Waals surface area contributed by atoms with Gasteiger partial charge in [-0.15, -0.1) is 0 Å². The molecule has 0 saturated carbocycles. The Bertz CT molecular complexity index is 855. The summed E-state index contributed by atoms with van der Waals surface area (Å²) in [7, 11) is 0. The highest BCUT2D eigenvalue weighted by atomic mass is 19.4. The van der Waals surface area contributed by atoms with Gasteiger partial charge in [0.25, 0.3) is 0 Å². The molecule has 29 heavy (non-hydrogen) atoms. The Morgan fingerprint density at radius 1 is 1.17 bits per heavy atom. The van der Waals surface area contributed by atoms with E-state index in [1.807, 2.05) is 4.90 Å². The van der Waals surface area contributed by atoms with Gasteiger partial charge >= 0.3 is 12.1 Å². The average Bonchev–Trinajstić information content (AvgIpc) is 2.66. The molecule has 0 aromatic heterocycles. The Labute approximate surface area is 164 Å². The lowest BCUT2D eigenvalue weighted by Gasteiger charge is -2.32. The van der Waals surface area contributed by atoms with E-state index in [1.165, 1.54) is 0 Å². The summed E-state index contributed by atoms with van der Waals surface area (Å²) in [6.45, 7) is 2.07.